The van der Waals surface area contributed by atoms with Gasteiger partial charge in [-0.05, 0) is 25.0 Å². The number of nitrogens with zero attached hydrogens (tertiary/aromatic N) is 4. The van der Waals surface area contributed by atoms with E-state index in [0.717, 1.165) is 42.5 Å². The number of anilines is 1. The first kappa shape index (κ1) is 19.4. The zero-order chi connectivity index (χ0) is 19.1. The van der Waals surface area contributed by atoms with Gasteiger partial charge in [0.15, 0.2) is 5.96 Å². The summed E-state index contributed by atoms with van der Waals surface area (Å²) in [5.41, 5.74) is 1.16. The van der Waals surface area contributed by atoms with Crippen molar-refractivity contribution >= 4 is 22.4 Å². The number of piperidine rings is 1. The third-order valence-corrected chi connectivity index (χ3v) is 6.00. The van der Waals surface area contributed by atoms with Crippen molar-refractivity contribution in [2.45, 2.75) is 23.8 Å². The van der Waals surface area contributed by atoms with Crippen molar-refractivity contribution in [2.75, 3.05) is 37.3 Å². The van der Waals surface area contributed by atoms with E-state index in [4.69, 9.17) is 0 Å². The molecule has 27 heavy (non-hydrogen) atoms. The lowest BCUT2D eigenvalue weighted by atomic mass is 10.1. The molecule has 1 aromatic heterocycles. The molecule has 3 rings (SSSR count). The first-order valence-corrected chi connectivity index (χ1v) is 10.6. The van der Waals surface area contributed by atoms with E-state index in [0.29, 0.717) is 18.3 Å². The highest BCUT2D eigenvalue weighted by molar-refractivity contribution is 7.85. The molecule has 1 fully saturated rings. The van der Waals surface area contributed by atoms with Crippen LogP contribution >= 0.6 is 0 Å². The van der Waals surface area contributed by atoms with Crippen molar-refractivity contribution in [1.29, 1.82) is 0 Å². The molecule has 0 spiro atoms. The predicted molar refractivity (Wildman–Crippen MR) is 111 cm³/mol. The molecule has 146 valence electrons. The second-order valence-electron chi connectivity index (χ2n) is 6.66. The largest absolute Gasteiger partial charge is 0.367 e. The average molecular weight is 389 g/mol. The summed E-state index contributed by atoms with van der Waals surface area (Å²) in [6.45, 7) is 2.58. The van der Waals surface area contributed by atoms with Crippen LogP contribution in [0.5, 0.6) is 0 Å². The standard InChI is InChI=1S/C19H28N6OS/c1-20-19(21-10-12-27(26)18-8-4-3-5-9-18)23-16-7-6-11-25(14-16)17-13-22-24(2)15-17/h3-5,8-9,13,15-16H,6-7,10-12,14H2,1-2H3,(H2,20,21,23). The zero-order valence-electron chi connectivity index (χ0n) is 16.0. The summed E-state index contributed by atoms with van der Waals surface area (Å²) in [6, 6.07) is 9.89. The fraction of sp³-hybridized carbons (Fsp3) is 0.474. The summed E-state index contributed by atoms with van der Waals surface area (Å²) in [7, 11) is 2.71. The van der Waals surface area contributed by atoms with Gasteiger partial charge in [0.1, 0.15) is 0 Å². The number of aryl methyl sites for hydroxylation is 1. The lowest BCUT2D eigenvalue weighted by Crippen LogP contribution is -2.51. The number of aliphatic imine (C=N–C) groups is 1. The quantitative estimate of drug-likeness (QED) is 0.577. The van der Waals surface area contributed by atoms with Crippen molar-refractivity contribution in [3.8, 4) is 0 Å². The number of guanidine groups is 1. The third-order valence-electron chi connectivity index (χ3n) is 4.63. The fourth-order valence-electron chi connectivity index (χ4n) is 3.24. The Labute approximate surface area is 163 Å². The van der Waals surface area contributed by atoms with Gasteiger partial charge in [0.2, 0.25) is 0 Å². The third kappa shape index (κ3) is 5.56. The van der Waals surface area contributed by atoms with Gasteiger partial charge in [-0.1, -0.05) is 18.2 Å². The van der Waals surface area contributed by atoms with E-state index in [-0.39, 0.29) is 0 Å². The van der Waals surface area contributed by atoms with Gasteiger partial charge in [0.05, 0.1) is 22.7 Å². The second kappa shape index (κ2) is 9.55. The Kier molecular flexibility index (Phi) is 6.86. The second-order valence-corrected chi connectivity index (χ2v) is 8.23. The first-order chi connectivity index (χ1) is 13.2. The van der Waals surface area contributed by atoms with E-state index in [1.165, 1.54) is 0 Å². The van der Waals surface area contributed by atoms with Gasteiger partial charge in [-0.25, -0.2) is 0 Å². The minimum absolute atomic E-state index is 0.324. The van der Waals surface area contributed by atoms with Crippen LogP contribution in [-0.2, 0) is 17.8 Å². The lowest BCUT2D eigenvalue weighted by molar-refractivity contribution is 0.468. The number of nitrogens with one attached hydrogen (secondary N) is 2. The summed E-state index contributed by atoms with van der Waals surface area (Å²) < 4.78 is 14.1. The molecule has 1 aromatic carbocycles. The molecule has 2 heterocycles. The monoisotopic (exact) mass is 388 g/mol. The predicted octanol–water partition coefficient (Wildman–Crippen LogP) is 1.36. The number of benzene rings is 1. The van der Waals surface area contributed by atoms with Crippen LogP contribution in [0.3, 0.4) is 0 Å². The minimum atomic E-state index is -1.000. The Bertz CT molecular complexity index is 776. The van der Waals surface area contributed by atoms with Crippen LogP contribution in [0.4, 0.5) is 5.69 Å². The molecule has 1 saturated heterocycles. The molecule has 0 bridgehead atoms. The highest BCUT2D eigenvalue weighted by Gasteiger charge is 2.21. The molecule has 0 radical (unpaired) electrons. The van der Waals surface area contributed by atoms with Gasteiger partial charge in [0.25, 0.3) is 0 Å². The molecule has 0 saturated carbocycles. The summed E-state index contributed by atoms with van der Waals surface area (Å²) in [4.78, 5) is 7.53. The first-order valence-electron chi connectivity index (χ1n) is 9.30. The van der Waals surface area contributed by atoms with Crippen molar-refractivity contribution in [2.24, 2.45) is 12.0 Å². The maximum Gasteiger partial charge on any atom is 0.191 e. The van der Waals surface area contributed by atoms with Crippen molar-refractivity contribution in [1.82, 2.24) is 20.4 Å². The smallest absolute Gasteiger partial charge is 0.191 e. The molecular formula is C19H28N6OS. The SMILES string of the molecule is CN=C(NCCS(=O)c1ccccc1)NC1CCCN(c2cnn(C)c2)C1. The summed E-state index contributed by atoms with van der Waals surface area (Å²) in [5.74, 6) is 1.31. The Morgan fingerprint density at radius 2 is 2.19 bits per heavy atom. The van der Waals surface area contributed by atoms with Crippen molar-refractivity contribution < 1.29 is 4.21 Å². The molecule has 1 aliphatic rings. The molecule has 0 amide bonds. The van der Waals surface area contributed by atoms with Gasteiger partial charge < -0.3 is 15.5 Å². The van der Waals surface area contributed by atoms with E-state index < -0.39 is 10.8 Å². The van der Waals surface area contributed by atoms with Crippen LogP contribution in [0, 0.1) is 0 Å². The van der Waals surface area contributed by atoms with Crippen LogP contribution in [-0.4, -0.2) is 58.4 Å². The number of hydrogen-bond acceptors (Lipinski definition) is 4. The van der Waals surface area contributed by atoms with Crippen LogP contribution in [0.25, 0.3) is 0 Å². The molecule has 2 atom stereocenters. The zero-order valence-corrected chi connectivity index (χ0v) is 16.8. The van der Waals surface area contributed by atoms with E-state index in [9.17, 15) is 4.21 Å². The highest BCUT2D eigenvalue weighted by Crippen LogP contribution is 2.18. The number of aromatic nitrogens is 2. The molecule has 2 unspecified atom stereocenters. The maximum atomic E-state index is 12.3. The highest BCUT2D eigenvalue weighted by atomic mass is 32.2. The van der Waals surface area contributed by atoms with Crippen molar-refractivity contribution in [3.63, 3.8) is 0 Å². The molecule has 8 heteroatoms. The Morgan fingerprint density at radius 3 is 2.89 bits per heavy atom. The van der Waals surface area contributed by atoms with Crippen LogP contribution in [0.1, 0.15) is 12.8 Å². The van der Waals surface area contributed by atoms with Crippen LogP contribution in [0.2, 0.25) is 0 Å². The number of rotatable bonds is 6. The molecular weight excluding hydrogens is 360 g/mol. The molecule has 7 nitrogen and oxygen atoms in total. The van der Waals surface area contributed by atoms with E-state index in [1.54, 1.807) is 7.05 Å². The van der Waals surface area contributed by atoms with Crippen molar-refractivity contribution in [3.05, 3.63) is 42.7 Å². The molecule has 2 N–H and O–H groups in total. The average Bonchev–Trinajstić information content (AvgIpc) is 3.14. The molecule has 0 aliphatic carbocycles. The van der Waals surface area contributed by atoms with E-state index in [1.807, 2.05) is 54.5 Å². The molecule has 2 aromatic rings. The topological polar surface area (TPSA) is 74.6 Å². The Hall–Kier alpha value is -2.35. The minimum Gasteiger partial charge on any atom is -0.367 e. The normalized spacial score (nSPS) is 19.0. The number of hydrogen-bond donors (Lipinski definition) is 2. The van der Waals surface area contributed by atoms with Crippen LogP contribution in [0.15, 0.2) is 52.6 Å². The van der Waals surface area contributed by atoms with E-state index >= 15 is 0 Å². The fourth-order valence-corrected chi connectivity index (χ4v) is 4.23. The summed E-state index contributed by atoms with van der Waals surface area (Å²) >= 11 is 0. The lowest BCUT2D eigenvalue weighted by Gasteiger charge is -2.34. The van der Waals surface area contributed by atoms with Gasteiger partial charge in [-0.15, -0.1) is 0 Å². The van der Waals surface area contributed by atoms with Gasteiger partial charge in [-0.2, -0.15) is 5.10 Å². The summed E-state index contributed by atoms with van der Waals surface area (Å²) in [6.07, 6.45) is 6.19. The van der Waals surface area contributed by atoms with Crippen LogP contribution < -0.4 is 15.5 Å². The Balaban J connectivity index is 1.46. The van der Waals surface area contributed by atoms with Gasteiger partial charge in [0, 0.05) is 56.6 Å². The van der Waals surface area contributed by atoms with E-state index in [2.05, 4.69) is 25.6 Å². The van der Waals surface area contributed by atoms with Gasteiger partial charge in [-0.3, -0.25) is 13.9 Å². The molecule has 1 aliphatic heterocycles. The Morgan fingerprint density at radius 1 is 1.37 bits per heavy atom. The summed E-state index contributed by atoms with van der Waals surface area (Å²) in [5, 5.41) is 11.0. The van der Waals surface area contributed by atoms with Gasteiger partial charge >= 0.3 is 0 Å². The maximum absolute atomic E-state index is 12.3.